The second-order valence-electron chi connectivity index (χ2n) is 7.39. The Kier molecular flexibility index (Phi) is 7.11. The Labute approximate surface area is 195 Å². The molecule has 0 aliphatic carbocycles. The summed E-state index contributed by atoms with van der Waals surface area (Å²) in [6, 6.07) is 7.48. The molecule has 3 rings (SSSR count). The number of aromatic nitrogens is 1. The molecule has 0 radical (unpaired) electrons. The van der Waals surface area contributed by atoms with Gasteiger partial charge in [0.2, 0.25) is 0 Å². The highest BCUT2D eigenvalue weighted by Gasteiger charge is 2.37. The van der Waals surface area contributed by atoms with E-state index < -0.39 is 51.1 Å². The van der Waals surface area contributed by atoms with Crippen LogP contribution in [0.2, 0.25) is 0 Å². The lowest BCUT2D eigenvalue weighted by molar-refractivity contribution is -0.139. The van der Waals surface area contributed by atoms with Crippen LogP contribution in [-0.2, 0) is 22.2 Å². The molecular formula is C22H17F6N3O3S. The SMILES string of the molecule is CS(=O)(=O)c1cccc(NC(=O)N[C@@H](c2ccc(C(F)(F)F)cc2)c2ncccc2C(F)(F)F)c1. The number of nitrogens with zero attached hydrogens (tertiary/aromatic N) is 1. The molecule has 0 spiro atoms. The molecule has 2 amide bonds. The van der Waals surface area contributed by atoms with E-state index >= 15 is 0 Å². The summed E-state index contributed by atoms with van der Waals surface area (Å²) in [6.45, 7) is 0. The van der Waals surface area contributed by atoms with Crippen molar-refractivity contribution in [3.63, 3.8) is 0 Å². The highest BCUT2D eigenvalue weighted by molar-refractivity contribution is 7.90. The number of amides is 2. The standard InChI is InChI=1S/C22H17F6N3O3S/c1-35(33,34)16-5-2-4-15(12-16)30-20(32)31-18(13-7-9-14(10-8-13)21(23,24)25)19-17(22(26,27)28)6-3-11-29-19/h2-12,18H,1H3,(H2,30,31,32)/t18-/m0/s1. The second kappa shape index (κ2) is 9.56. The van der Waals surface area contributed by atoms with E-state index in [0.29, 0.717) is 12.1 Å². The van der Waals surface area contributed by atoms with Gasteiger partial charge in [-0.2, -0.15) is 26.3 Å². The number of nitrogens with one attached hydrogen (secondary N) is 2. The maximum atomic E-state index is 13.6. The smallest absolute Gasteiger partial charge is 0.325 e. The van der Waals surface area contributed by atoms with Crippen LogP contribution in [0.4, 0.5) is 36.8 Å². The monoisotopic (exact) mass is 517 g/mol. The Bertz CT molecular complexity index is 1320. The van der Waals surface area contributed by atoms with Gasteiger partial charge < -0.3 is 10.6 Å². The van der Waals surface area contributed by atoms with Gasteiger partial charge in [0.15, 0.2) is 9.84 Å². The van der Waals surface area contributed by atoms with Crippen molar-refractivity contribution in [2.75, 3.05) is 11.6 Å². The van der Waals surface area contributed by atoms with Gasteiger partial charge in [-0.15, -0.1) is 0 Å². The molecule has 0 saturated carbocycles. The minimum absolute atomic E-state index is 0.0219. The molecule has 0 aliphatic rings. The number of urea groups is 1. The molecule has 2 aromatic carbocycles. The van der Waals surface area contributed by atoms with Crippen LogP contribution in [0, 0.1) is 0 Å². The van der Waals surface area contributed by atoms with Crippen molar-refractivity contribution < 1.29 is 39.6 Å². The van der Waals surface area contributed by atoms with Gasteiger partial charge in [-0.05, 0) is 48.0 Å². The normalized spacial score (nSPS) is 13.2. The minimum atomic E-state index is -4.87. The largest absolute Gasteiger partial charge is 0.418 e. The maximum absolute atomic E-state index is 13.6. The van der Waals surface area contributed by atoms with Gasteiger partial charge in [-0.1, -0.05) is 18.2 Å². The molecule has 0 bridgehead atoms. The number of sulfone groups is 1. The summed E-state index contributed by atoms with van der Waals surface area (Å²) in [5.74, 6) is 0. The number of hydrogen-bond donors (Lipinski definition) is 2. The zero-order chi connectivity index (χ0) is 26.0. The minimum Gasteiger partial charge on any atom is -0.325 e. The molecule has 0 aliphatic heterocycles. The first-order valence-electron chi connectivity index (χ1n) is 9.73. The van der Waals surface area contributed by atoms with Gasteiger partial charge in [-0.3, -0.25) is 4.98 Å². The highest BCUT2D eigenvalue weighted by Crippen LogP contribution is 2.36. The molecule has 13 heteroatoms. The molecule has 186 valence electrons. The van der Waals surface area contributed by atoms with Crippen LogP contribution >= 0.6 is 0 Å². The van der Waals surface area contributed by atoms with E-state index in [1.54, 1.807) is 0 Å². The number of anilines is 1. The third-order valence-corrected chi connectivity index (χ3v) is 5.89. The van der Waals surface area contributed by atoms with Crippen molar-refractivity contribution in [2.24, 2.45) is 0 Å². The van der Waals surface area contributed by atoms with Crippen molar-refractivity contribution in [3.05, 3.63) is 89.2 Å². The van der Waals surface area contributed by atoms with Crippen molar-refractivity contribution in [3.8, 4) is 0 Å². The van der Waals surface area contributed by atoms with Crippen LogP contribution in [-0.4, -0.2) is 25.7 Å². The number of pyridine rings is 1. The summed E-state index contributed by atoms with van der Waals surface area (Å²) >= 11 is 0. The molecule has 1 heterocycles. The third kappa shape index (κ3) is 6.50. The quantitative estimate of drug-likeness (QED) is 0.442. The van der Waals surface area contributed by atoms with Crippen LogP contribution in [0.5, 0.6) is 0 Å². The number of alkyl halides is 6. The fourth-order valence-corrected chi connectivity index (χ4v) is 3.83. The molecule has 0 unspecified atom stereocenters. The van der Waals surface area contributed by atoms with Gasteiger partial charge in [0.1, 0.15) is 0 Å². The van der Waals surface area contributed by atoms with Crippen LogP contribution in [0.1, 0.15) is 28.4 Å². The molecule has 0 saturated heterocycles. The second-order valence-corrected chi connectivity index (χ2v) is 9.40. The molecule has 35 heavy (non-hydrogen) atoms. The van der Waals surface area contributed by atoms with E-state index in [-0.39, 0.29) is 16.1 Å². The van der Waals surface area contributed by atoms with Crippen LogP contribution < -0.4 is 10.6 Å². The summed E-state index contributed by atoms with van der Waals surface area (Å²) in [7, 11) is -3.61. The summed E-state index contributed by atoms with van der Waals surface area (Å²) in [5.41, 5.74) is -2.93. The van der Waals surface area contributed by atoms with Crippen molar-refractivity contribution >= 4 is 21.6 Å². The van der Waals surface area contributed by atoms with E-state index in [4.69, 9.17) is 0 Å². The first-order valence-corrected chi connectivity index (χ1v) is 11.6. The number of carbonyl (C=O) groups excluding carboxylic acids is 1. The van der Waals surface area contributed by atoms with Crippen molar-refractivity contribution in [1.29, 1.82) is 0 Å². The predicted octanol–water partition coefficient (Wildman–Crippen LogP) is 5.43. The first kappa shape index (κ1) is 26.0. The first-order chi connectivity index (χ1) is 16.2. The van der Waals surface area contributed by atoms with Gasteiger partial charge in [-0.25, -0.2) is 13.2 Å². The lowest BCUT2D eigenvalue weighted by Crippen LogP contribution is -2.35. The molecule has 2 N–H and O–H groups in total. The number of halogens is 6. The molecule has 0 fully saturated rings. The van der Waals surface area contributed by atoms with E-state index in [1.807, 2.05) is 0 Å². The Morgan fingerprint density at radius 2 is 1.57 bits per heavy atom. The Hall–Kier alpha value is -3.61. The van der Waals surface area contributed by atoms with E-state index in [2.05, 4.69) is 15.6 Å². The molecule has 3 aromatic rings. The third-order valence-electron chi connectivity index (χ3n) is 4.78. The molecular weight excluding hydrogens is 500 g/mol. The van der Waals surface area contributed by atoms with E-state index in [1.165, 1.54) is 18.2 Å². The topological polar surface area (TPSA) is 88.2 Å². The molecule has 1 aromatic heterocycles. The summed E-state index contributed by atoms with van der Waals surface area (Å²) < 4.78 is 103. The summed E-state index contributed by atoms with van der Waals surface area (Å²) in [4.78, 5) is 16.3. The fraction of sp³-hybridized carbons (Fsp3) is 0.182. The van der Waals surface area contributed by atoms with Gasteiger partial charge in [0.05, 0.1) is 27.8 Å². The van der Waals surface area contributed by atoms with Crippen molar-refractivity contribution in [1.82, 2.24) is 10.3 Å². The van der Waals surface area contributed by atoms with Crippen LogP contribution in [0.25, 0.3) is 0 Å². The van der Waals surface area contributed by atoms with Crippen LogP contribution in [0.3, 0.4) is 0 Å². The number of hydrogen-bond acceptors (Lipinski definition) is 4. The Morgan fingerprint density at radius 3 is 2.14 bits per heavy atom. The Morgan fingerprint density at radius 1 is 0.914 bits per heavy atom. The van der Waals surface area contributed by atoms with Gasteiger partial charge in [0.25, 0.3) is 0 Å². The molecule has 1 atom stereocenters. The van der Waals surface area contributed by atoms with Crippen molar-refractivity contribution in [2.45, 2.75) is 23.3 Å². The molecule has 6 nitrogen and oxygen atoms in total. The lowest BCUT2D eigenvalue weighted by Gasteiger charge is -2.23. The fourth-order valence-electron chi connectivity index (χ4n) is 3.16. The predicted molar refractivity (Wildman–Crippen MR) is 114 cm³/mol. The van der Waals surface area contributed by atoms with E-state index in [0.717, 1.165) is 42.8 Å². The highest BCUT2D eigenvalue weighted by atomic mass is 32.2. The van der Waals surface area contributed by atoms with Gasteiger partial charge in [0, 0.05) is 18.1 Å². The lowest BCUT2D eigenvalue weighted by atomic mass is 9.98. The Balaban J connectivity index is 1.99. The zero-order valence-corrected chi connectivity index (χ0v) is 18.6. The van der Waals surface area contributed by atoms with Crippen LogP contribution in [0.15, 0.2) is 71.8 Å². The average Bonchev–Trinajstić information content (AvgIpc) is 2.76. The average molecular weight is 517 g/mol. The number of rotatable bonds is 5. The number of carbonyl (C=O) groups is 1. The van der Waals surface area contributed by atoms with Gasteiger partial charge >= 0.3 is 18.4 Å². The zero-order valence-electron chi connectivity index (χ0n) is 17.8. The summed E-state index contributed by atoms with van der Waals surface area (Å²) in [6.07, 6.45) is -7.54. The maximum Gasteiger partial charge on any atom is 0.418 e. The number of benzene rings is 2. The summed E-state index contributed by atoms with van der Waals surface area (Å²) in [5, 5.41) is 4.60. The van der Waals surface area contributed by atoms with E-state index in [9.17, 15) is 39.6 Å².